The van der Waals surface area contributed by atoms with Gasteiger partial charge in [-0.3, -0.25) is 5.41 Å². The van der Waals surface area contributed by atoms with E-state index < -0.39 is 0 Å². The van der Waals surface area contributed by atoms with Crippen molar-refractivity contribution in [3.05, 3.63) is 66.3 Å². The quantitative estimate of drug-likeness (QED) is 0.378. The van der Waals surface area contributed by atoms with Gasteiger partial charge in [-0.1, -0.05) is 26.0 Å². The van der Waals surface area contributed by atoms with Crippen LogP contribution in [0.15, 0.2) is 70.5 Å². The number of nitrogens with one attached hydrogen (secondary N) is 2. The lowest BCUT2D eigenvalue weighted by atomic mass is 10.1. The maximum absolute atomic E-state index is 8.53. The van der Waals surface area contributed by atoms with Crippen molar-refractivity contribution in [2.45, 2.75) is 40.2 Å². The first-order valence-corrected chi connectivity index (χ1v) is 11.9. The molecule has 0 atom stereocenters. The molecule has 0 saturated carbocycles. The second-order valence-electron chi connectivity index (χ2n) is 9.33. The van der Waals surface area contributed by atoms with E-state index in [4.69, 9.17) is 31.0 Å². The van der Waals surface area contributed by atoms with Crippen molar-refractivity contribution in [2.75, 3.05) is 0 Å². The lowest BCUT2D eigenvalue weighted by molar-refractivity contribution is 0.232. The molecule has 0 amide bonds. The van der Waals surface area contributed by atoms with Gasteiger partial charge in [-0.25, -0.2) is 19.0 Å². The molecule has 0 aromatic carbocycles. The molecule has 1 aliphatic heterocycles. The molecule has 5 rings (SSSR count). The normalized spacial score (nSPS) is 16.5. The number of amidine groups is 2. The summed E-state index contributed by atoms with van der Waals surface area (Å²) in [5.74, 6) is 1.52. The molecule has 0 bridgehead atoms. The van der Waals surface area contributed by atoms with Gasteiger partial charge < -0.3 is 15.8 Å². The highest BCUT2D eigenvalue weighted by atomic mass is 16.5. The molecule has 0 aliphatic carbocycles. The van der Waals surface area contributed by atoms with Gasteiger partial charge in [0.15, 0.2) is 17.4 Å². The fourth-order valence-corrected chi connectivity index (χ4v) is 4.00. The zero-order valence-electron chi connectivity index (χ0n) is 20.7. The van der Waals surface area contributed by atoms with E-state index in [0.29, 0.717) is 34.9 Å². The molecule has 5 heterocycles. The summed E-state index contributed by atoms with van der Waals surface area (Å²) in [6.07, 6.45) is 5.97. The summed E-state index contributed by atoms with van der Waals surface area (Å²) < 4.78 is 9.46. The summed E-state index contributed by atoms with van der Waals surface area (Å²) in [7, 11) is 0. The molecule has 36 heavy (non-hydrogen) atoms. The molecular weight excluding hydrogens is 454 g/mol. The fraction of sp³-hybridized carbons (Fsp3) is 0.269. The molecule has 0 spiro atoms. The van der Waals surface area contributed by atoms with E-state index in [1.54, 1.807) is 10.6 Å². The predicted molar refractivity (Wildman–Crippen MR) is 142 cm³/mol. The molecule has 0 radical (unpaired) electrons. The van der Waals surface area contributed by atoms with E-state index in [2.05, 4.69) is 24.3 Å². The van der Waals surface area contributed by atoms with Crippen molar-refractivity contribution >= 4 is 39.8 Å². The molecule has 4 aromatic heterocycles. The fourth-order valence-electron chi connectivity index (χ4n) is 4.00. The Bertz CT molecular complexity index is 1550. The summed E-state index contributed by atoms with van der Waals surface area (Å²) in [5, 5.41) is 21.0. The Balaban J connectivity index is 1.61. The molecule has 0 fully saturated rings. The lowest BCUT2D eigenvalue weighted by Crippen LogP contribution is -2.42. The first-order valence-electron chi connectivity index (χ1n) is 11.9. The van der Waals surface area contributed by atoms with Crippen LogP contribution in [-0.4, -0.2) is 42.7 Å². The summed E-state index contributed by atoms with van der Waals surface area (Å²) >= 11 is 0. The second kappa shape index (κ2) is 9.29. The third-order valence-electron chi connectivity index (χ3n) is 5.53. The number of aromatic nitrogens is 4. The summed E-state index contributed by atoms with van der Waals surface area (Å²) in [6, 6.07) is 11.6. The Kier molecular flexibility index (Phi) is 6.01. The van der Waals surface area contributed by atoms with Gasteiger partial charge in [0.1, 0.15) is 5.69 Å². The van der Waals surface area contributed by atoms with E-state index in [-0.39, 0.29) is 11.8 Å². The van der Waals surface area contributed by atoms with Gasteiger partial charge in [0, 0.05) is 12.4 Å². The van der Waals surface area contributed by atoms with Gasteiger partial charge in [-0.15, -0.1) is 5.10 Å². The van der Waals surface area contributed by atoms with E-state index >= 15 is 0 Å². The van der Waals surface area contributed by atoms with Crippen LogP contribution in [0.5, 0.6) is 5.88 Å². The van der Waals surface area contributed by atoms with Gasteiger partial charge in [-0.2, -0.15) is 5.10 Å². The van der Waals surface area contributed by atoms with Gasteiger partial charge in [0.05, 0.1) is 34.2 Å². The van der Waals surface area contributed by atoms with Gasteiger partial charge >= 0.3 is 0 Å². The number of hydrogen-bond donors (Lipinski definition) is 3. The van der Waals surface area contributed by atoms with Crippen LogP contribution in [0.1, 0.15) is 33.4 Å². The van der Waals surface area contributed by atoms with Crippen LogP contribution in [0.25, 0.3) is 11.0 Å². The van der Waals surface area contributed by atoms with Crippen molar-refractivity contribution in [1.82, 2.24) is 24.5 Å². The third-order valence-corrected chi connectivity index (χ3v) is 5.53. The summed E-state index contributed by atoms with van der Waals surface area (Å²) in [6.45, 7) is 8.16. The number of fused-ring (bicyclic) bond motifs is 2. The molecule has 4 N–H and O–H groups in total. The number of nitrogens with zero attached hydrogens (tertiary/aromatic N) is 6. The second-order valence-corrected chi connectivity index (χ2v) is 9.33. The minimum absolute atomic E-state index is 0.0821. The average Bonchev–Trinajstić information content (AvgIpc) is 3.33. The van der Waals surface area contributed by atoms with Crippen molar-refractivity contribution < 1.29 is 4.74 Å². The summed E-state index contributed by atoms with van der Waals surface area (Å²) in [4.78, 5) is 9.64. The molecule has 4 aromatic rings. The molecule has 0 saturated heterocycles. The van der Waals surface area contributed by atoms with E-state index in [1.807, 2.05) is 67.2 Å². The Morgan fingerprint density at radius 1 is 0.944 bits per heavy atom. The zero-order chi connectivity index (χ0) is 25.4. The first kappa shape index (κ1) is 23.3. The van der Waals surface area contributed by atoms with Crippen molar-refractivity contribution in [3.63, 3.8) is 0 Å². The van der Waals surface area contributed by atoms with Crippen LogP contribution in [0.2, 0.25) is 0 Å². The van der Waals surface area contributed by atoms with Gasteiger partial charge in [-0.05, 0) is 56.5 Å². The Morgan fingerprint density at radius 3 is 2.25 bits per heavy atom. The molecule has 10 nitrogen and oxygen atoms in total. The van der Waals surface area contributed by atoms with E-state index in [1.165, 1.54) is 0 Å². The lowest BCUT2D eigenvalue weighted by Gasteiger charge is -2.18. The third kappa shape index (κ3) is 4.45. The highest BCUT2D eigenvalue weighted by Gasteiger charge is 2.23. The Hall–Kier alpha value is -4.47. The van der Waals surface area contributed by atoms with E-state index in [9.17, 15) is 0 Å². The Morgan fingerprint density at radius 2 is 1.58 bits per heavy atom. The number of ether oxygens (including phenoxy) is 1. The van der Waals surface area contributed by atoms with Crippen LogP contribution in [-0.2, 0) is 6.42 Å². The predicted octanol–water partition coefficient (Wildman–Crippen LogP) is 4.19. The molecule has 10 heteroatoms. The van der Waals surface area contributed by atoms with Crippen molar-refractivity contribution in [3.8, 4) is 5.88 Å². The van der Waals surface area contributed by atoms with Gasteiger partial charge in [0.2, 0.25) is 0 Å². The number of rotatable bonds is 6. The number of aliphatic imine (C=N–C) groups is 2. The van der Waals surface area contributed by atoms with Crippen LogP contribution in [0, 0.1) is 11.3 Å². The van der Waals surface area contributed by atoms with Gasteiger partial charge in [0.25, 0.3) is 5.88 Å². The van der Waals surface area contributed by atoms with Crippen LogP contribution in [0.3, 0.4) is 0 Å². The largest absolute Gasteiger partial charge is 0.472 e. The standard InChI is InChI=1S/C26H29N9O/c1-15(2)13-19-22(20-9-5-7-11-34(20)32-19)29-24-17(27)14-18(28)25(31-24)30-23-21-10-6-8-12-35(21)33-26(23)36-16(3)4/h5-12,14-16,27H,13,28H2,1-4H3,(H,29,30,31). The topological polar surface area (TPSA) is 130 Å². The van der Waals surface area contributed by atoms with Crippen molar-refractivity contribution in [1.29, 1.82) is 5.41 Å². The summed E-state index contributed by atoms with van der Waals surface area (Å²) in [5.41, 5.74) is 10.6. The smallest absolute Gasteiger partial charge is 0.260 e. The maximum atomic E-state index is 8.53. The minimum Gasteiger partial charge on any atom is -0.472 e. The first-order chi connectivity index (χ1) is 17.3. The number of nitrogens with two attached hydrogens (primary N) is 1. The monoisotopic (exact) mass is 483 g/mol. The van der Waals surface area contributed by atoms with E-state index in [0.717, 1.165) is 28.8 Å². The number of pyridine rings is 2. The highest BCUT2D eigenvalue weighted by molar-refractivity contribution is 6.50. The zero-order valence-corrected chi connectivity index (χ0v) is 20.7. The maximum Gasteiger partial charge on any atom is 0.260 e. The van der Waals surface area contributed by atoms with Crippen LogP contribution >= 0.6 is 0 Å². The minimum atomic E-state index is -0.0821. The van der Waals surface area contributed by atoms with Crippen molar-refractivity contribution in [2.24, 2.45) is 21.6 Å². The molecular formula is C26H29N9O. The molecule has 184 valence electrons. The highest BCUT2D eigenvalue weighted by Crippen LogP contribution is 2.33. The SMILES string of the molecule is CC(C)Cc1nn2ccccc2c1/N=C1\N/C(=N/c2c(OC(C)C)nn3ccccc23)C(N)=CC1=N. The average molecular weight is 484 g/mol. The Labute approximate surface area is 208 Å². The number of hydrogen-bond acceptors (Lipinski definition) is 7. The molecule has 1 aliphatic rings. The molecule has 0 unspecified atom stereocenters. The van der Waals surface area contributed by atoms with Crippen LogP contribution < -0.4 is 15.8 Å². The van der Waals surface area contributed by atoms with Crippen LogP contribution in [0.4, 0.5) is 11.4 Å².